The van der Waals surface area contributed by atoms with E-state index in [1.807, 2.05) is 45.0 Å². The molecular weight excluding hydrogens is 499 g/mol. The van der Waals surface area contributed by atoms with Crippen LogP contribution in [0.4, 0.5) is 4.79 Å². The minimum atomic E-state index is -0.475. The molecule has 1 aromatic carbocycles. The van der Waals surface area contributed by atoms with E-state index in [9.17, 15) is 4.79 Å². The third kappa shape index (κ3) is 6.90. The highest BCUT2D eigenvalue weighted by Crippen LogP contribution is 2.19. The number of ether oxygens (including phenoxy) is 3. The first-order valence-corrected chi connectivity index (χ1v) is 10.1. The average Bonchev–Trinajstić information content (AvgIpc) is 3.08. The maximum Gasteiger partial charge on any atom is 0.410 e. The number of hydrogen-bond acceptors (Lipinski definition) is 7. The molecule has 2 aliphatic rings. The SMILES string of the molecule is COCCOc1ccc(CNC2=NCC3CN(C(=O)OC(C)(C)C)CCN23)cc1.I. The predicted octanol–water partition coefficient (Wildman–Crippen LogP) is 2.71. The van der Waals surface area contributed by atoms with Gasteiger partial charge in [0, 0.05) is 33.3 Å². The van der Waals surface area contributed by atoms with Gasteiger partial charge in [-0.1, -0.05) is 12.1 Å². The van der Waals surface area contributed by atoms with Gasteiger partial charge in [0.1, 0.15) is 18.0 Å². The average molecular weight is 532 g/mol. The van der Waals surface area contributed by atoms with Crippen LogP contribution in [0.25, 0.3) is 0 Å². The monoisotopic (exact) mass is 532 g/mol. The molecule has 0 saturated carbocycles. The Morgan fingerprint density at radius 3 is 2.60 bits per heavy atom. The zero-order chi connectivity index (χ0) is 20.9. The number of fused-ring (bicyclic) bond motifs is 1. The molecule has 8 nitrogen and oxygen atoms in total. The summed E-state index contributed by atoms with van der Waals surface area (Å²) < 4.78 is 16.1. The number of halogens is 1. The Bertz CT molecular complexity index is 721. The highest BCUT2D eigenvalue weighted by Gasteiger charge is 2.36. The summed E-state index contributed by atoms with van der Waals surface area (Å²) in [5.41, 5.74) is 0.680. The van der Waals surface area contributed by atoms with Gasteiger partial charge < -0.3 is 29.3 Å². The van der Waals surface area contributed by atoms with Crippen molar-refractivity contribution in [3.63, 3.8) is 0 Å². The van der Waals surface area contributed by atoms with Crippen molar-refractivity contribution in [1.29, 1.82) is 0 Å². The molecule has 9 heteroatoms. The second-order valence-electron chi connectivity index (χ2n) is 8.28. The maximum atomic E-state index is 12.3. The first-order valence-electron chi connectivity index (χ1n) is 10.1. The summed E-state index contributed by atoms with van der Waals surface area (Å²) in [6, 6.07) is 8.22. The fourth-order valence-electron chi connectivity index (χ4n) is 3.35. The van der Waals surface area contributed by atoms with E-state index in [1.54, 1.807) is 12.0 Å². The number of benzene rings is 1. The van der Waals surface area contributed by atoms with E-state index in [-0.39, 0.29) is 36.1 Å². The fraction of sp³-hybridized carbons (Fsp3) is 0.619. The van der Waals surface area contributed by atoms with Gasteiger partial charge in [0.2, 0.25) is 0 Å². The molecule has 0 aliphatic carbocycles. The van der Waals surface area contributed by atoms with Gasteiger partial charge >= 0.3 is 6.09 Å². The molecule has 0 aromatic heterocycles. The third-order valence-corrected chi connectivity index (χ3v) is 4.79. The predicted molar refractivity (Wildman–Crippen MR) is 127 cm³/mol. The van der Waals surface area contributed by atoms with Crippen LogP contribution in [0.5, 0.6) is 5.75 Å². The zero-order valence-electron chi connectivity index (χ0n) is 18.2. The van der Waals surface area contributed by atoms with Gasteiger partial charge in [-0.15, -0.1) is 24.0 Å². The Labute approximate surface area is 196 Å². The summed E-state index contributed by atoms with van der Waals surface area (Å²) in [5.74, 6) is 1.74. The number of aliphatic imine (C=N–C) groups is 1. The van der Waals surface area contributed by atoms with Crippen molar-refractivity contribution in [3.05, 3.63) is 29.8 Å². The molecule has 1 unspecified atom stereocenters. The van der Waals surface area contributed by atoms with Gasteiger partial charge in [0.05, 0.1) is 19.2 Å². The van der Waals surface area contributed by atoms with Crippen LogP contribution in [0.1, 0.15) is 26.3 Å². The van der Waals surface area contributed by atoms with E-state index in [2.05, 4.69) is 15.2 Å². The van der Waals surface area contributed by atoms with Crippen LogP contribution < -0.4 is 10.1 Å². The molecule has 3 rings (SSSR count). The van der Waals surface area contributed by atoms with E-state index >= 15 is 0 Å². The molecule has 0 bridgehead atoms. The zero-order valence-corrected chi connectivity index (χ0v) is 20.5. The van der Waals surface area contributed by atoms with Crippen molar-refractivity contribution in [2.75, 3.05) is 46.5 Å². The molecule has 1 N–H and O–H groups in total. The molecule has 2 heterocycles. The van der Waals surface area contributed by atoms with Crippen molar-refractivity contribution < 1.29 is 19.0 Å². The van der Waals surface area contributed by atoms with Crippen LogP contribution in [0.2, 0.25) is 0 Å². The fourth-order valence-corrected chi connectivity index (χ4v) is 3.35. The molecule has 0 radical (unpaired) electrons. The smallest absolute Gasteiger partial charge is 0.410 e. The van der Waals surface area contributed by atoms with Crippen LogP contribution in [0, 0.1) is 0 Å². The minimum Gasteiger partial charge on any atom is -0.491 e. The number of nitrogens with one attached hydrogen (secondary N) is 1. The Morgan fingerprint density at radius 1 is 1.20 bits per heavy atom. The number of carbonyl (C=O) groups excluding carboxylic acids is 1. The Hall–Kier alpha value is -1.75. The van der Waals surface area contributed by atoms with Crippen LogP contribution in [0.15, 0.2) is 29.3 Å². The van der Waals surface area contributed by atoms with Gasteiger partial charge in [-0.25, -0.2) is 4.79 Å². The summed E-state index contributed by atoms with van der Waals surface area (Å²) in [5, 5.41) is 3.43. The van der Waals surface area contributed by atoms with Crippen molar-refractivity contribution in [2.24, 2.45) is 4.99 Å². The number of guanidine groups is 1. The Balaban J connectivity index is 0.00000320. The number of amides is 1. The standard InChI is InChI=1S/C21H32N4O4.HI/c1-21(2,3)29-20(26)24-9-10-25-17(15-24)14-23-19(25)22-13-16-5-7-18(8-6-16)28-12-11-27-4;/h5-8,17H,9-15H2,1-4H3,(H,22,23);1H. The van der Waals surface area contributed by atoms with Gasteiger partial charge in [-0.3, -0.25) is 4.99 Å². The second kappa shape index (κ2) is 11.0. The summed E-state index contributed by atoms with van der Waals surface area (Å²) in [6.07, 6.45) is -0.244. The minimum absolute atomic E-state index is 0. The number of methoxy groups -OCH3 is 1. The highest BCUT2D eigenvalue weighted by molar-refractivity contribution is 14.0. The molecule has 0 spiro atoms. The van der Waals surface area contributed by atoms with E-state index in [1.165, 1.54) is 0 Å². The largest absolute Gasteiger partial charge is 0.491 e. The third-order valence-electron chi connectivity index (χ3n) is 4.79. The van der Waals surface area contributed by atoms with Crippen molar-refractivity contribution in [3.8, 4) is 5.75 Å². The molecule has 2 aliphatic heterocycles. The molecule has 1 aromatic rings. The number of piperazine rings is 1. The molecule has 1 atom stereocenters. The van der Waals surface area contributed by atoms with Gasteiger partial charge in [0.15, 0.2) is 5.96 Å². The number of hydrogen-bond donors (Lipinski definition) is 1. The number of rotatable bonds is 6. The summed E-state index contributed by atoms with van der Waals surface area (Å²) in [6.45, 7) is 10.2. The lowest BCUT2D eigenvalue weighted by molar-refractivity contribution is 0.0137. The van der Waals surface area contributed by atoms with Gasteiger partial charge in [0.25, 0.3) is 0 Å². The lowest BCUT2D eigenvalue weighted by Gasteiger charge is -2.39. The van der Waals surface area contributed by atoms with Crippen molar-refractivity contribution in [1.82, 2.24) is 15.1 Å². The first-order chi connectivity index (χ1) is 13.9. The van der Waals surface area contributed by atoms with Crippen molar-refractivity contribution >= 4 is 36.0 Å². The summed E-state index contributed by atoms with van der Waals surface area (Å²) in [7, 11) is 1.66. The van der Waals surface area contributed by atoms with Crippen molar-refractivity contribution in [2.45, 2.75) is 39.0 Å². The van der Waals surface area contributed by atoms with Crippen LogP contribution in [-0.2, 0) is 16.0 Å². The van der Waals surface area contributed by atoms with Crippen LogP contribution in [0.3, 0.4) is 0 Å². The number of nitrogens with zero attached hydrogens (tertiary/aromatic N) is 3. The van der Waals surface area contributed by atoms with Gasteiger partial charge in [-0.2, -0.15) is 0 Å². The normalized spacial score (nSPS) is 18.3. The molecule has 168 valence electrons. The maximum absolute atomic E-state index is 12.3. The van der Waals surface area contributed by atoms with Gasteiger partial charge in [-0.05, 0) is 38.5 Å². The van der Waals surface area contributed by atoms with E-state index < -0.39 is 5.60 Å². The molecule has 1 fully saturated rings. The Morgan fingerprint density at radius 2 is 1.93 bits per heavy atom. The summed E-state index contributed by atoms with van der Waals surface area (Å²) >= 11 is 0. The topological polar surface area (TPSA) is 75.6 Å². The number of carbonyl (C=O) groups is 1. The molecule has 1 amide bonds. The molecule has 30 heavy (non-hydrogen) atoms. The first kappa shape index (κ1) is 24.5. The Kier molecular flexibility index (Phi) is 9.02. The van der Waals surface area contributed by atoms with E-state index in [0.29, 0.717) is 39.4 Å². The lowest BCUT2D eigenvalue weighted by atomic mass is 10.2. The quantitative estimate of drug-likeness (QED) is 0.449. The lowest BCUT2D eigenvalue weighted by Crippen LogP contribution is -2.57. The van der Waals surface area contributed by atoms with E-state index in [0.717, 1.165) is 23.8 Å². The molecule has 1 saturated heterocycles. The van der Waals surface area contributed by atoms with Crippen LogP contribution in [-0.4, -0.2) is 80.0 Å². The molecular formula is C21H33IN4O4. The van der Waals surface area contributed by atoms with E-state index in [4.69, 9.17) is 14.2 Å². The second-order valence-corrected chi connectivity index (χ2v) is 8.28. The van der Waals surface area contributed by atoms with Crippen LogP contribution >= 0.6 is 24.0 Å². The highest BCUT2D eigenvalue weighted by atomic mass is 127. The summed E-state index contributed by atoms with van der Waals surface area (Å²) in [4.78, 5) is 21.0.